The first kappa shape index (κ1) is 19.8. The summed E-state index contributed by atoms with van der Waals surface area (Å²) in [6.45, 7) is 6.49. The Labute approximate surface area is 177 Å². The standard InChI is InChI=1S/C26H26N4/c1-25(2,3)20-19-24-27-28-29-30(24)26(21-13-7-4-8-14-21,22-15-9-5-10-16-22)23-17-11-6-12-18-23/h4-20H,1-3H3. The zero-order chi connectivity index (χ0) is 21.0. The van der Waals surface area contributed by atoms with Gasteiger partial charge in [-0.3, -0.25) is 0 Å². The highest BCUT2D eigenvalue weighted by Gasteiger charge is 2.41. The van der Waals surface area contributed by atoms with E-state index in [2.05, 4.69) is 115 Å². The summed E-state index contributed by atoms with van der Waals surface area (Å²) in [6.07, 6.45) is 4.16. The molecule has 4 aromatic rings. The number of hydrogen-bond acceptors (Lipinski definition) is 3. The monoisotopic (exact) mass is 394 g/mol. The highest BCUT2D eigenvalue weighted by atomic mass is 15.6. The van der Waals surface area contributed by atoms with E-state index in [1.54, 1.807) is 0 Å². The number of hydrogen-bond donors (Lipinski definition) is 0. The van der Waals surface area contributed by atoms with Crippen molar-refractivity contribution in [2.45, 2.75) is 26.3 Å². The third kappa shape index (κ3) is 3.69. The Bertz CT molecular complexity index is 1010. The minimum atomic E-state index is -0.704. The number of benzene rings is 3. The topological polar surface area (TPSA) is 43.6 Å². The fourth-order valence-electron chi connectivity index (χ4n) is 3.77. The number of nitrogens with zero attached hydrogens (tertiary/aromatic N) is 4. The van der Waals surface area contributed by atoms with E-state index in [-0.39, 0.29) is 5.41 Å². The Balaban J connectivity index is 2.08. The van der Waals surface area contributed by atoms with Crippen molar-refractivity contribution >= 4 is 6.08 Å². The Morgan fingerprint density at radius 2 is 1.10 bits per heavy atom. The van der Waals surface area contributed by atoms with Crippen molar-refractivity contribution in [3.8, 4) is 0 Å². The van der Waals surface area contributed by atoms with Crippen molar-refractivity contribution < 1.29 is 0 Å². The van der Waals surface area contributed by atoms with Crippen LogP contribution in [0.5, 0.6) is 0 Å². The smallest absolute Gasteiger partial charge is 0.176 e. The molecule has 150 valence electrons. The summed E-state index contributed by atoms with van der Waals surface area (Å²) in [7, 11) is 0. The van der Waals surface area contributed by atoms with Gasteiger partial charge in [-0.25, -0.2) is 4.68 Å². The lowest BCUT2D eigenvalue weighted by molar-refractivity contribution is 0.443. The Morgan fingerprint density at radius 3 is 1.50 bits per heavy atom. The van der Waals surface area contributed by atoms with E-state index >= 15 is 0 Å². The van der Waals surface area contributed by atoms with Gasteiger partial charge in [-0.05, 0) is 38.6 Å². The van der Waals surface area contributed by atoms with Crippen LogP contribution in [0.15, 0.2) is 97.1 Å². The predicted molar refractivity (Wildman–Crippen MR) is 121 cm³/mol. The fraction of sp³-hybridized carbons (Fsp3) is 0.192. The Kier molecular flexibility index (Phi) is 5.32. The summed E-state index contributed by atoms with van der Waals surface area (Å²) in [5, 5.41) is 13.0. The molecule has 30 heavy (non-hydrogen) atoms. The highest BCUT2D eigenvalue weighted by Crippen LogP contribution is 2.40. The second-order valence-corrected chi connectivity index (χ2v) is 8.46. The van der Waals surface area contributed by atoms with Crippen LogP contribution < -0.4 is 0 Å². The summed E-state index contributed by atoms with van der Waals surface area (Å²) in [6, 6.07) is 31.3. The second kappa shape index (κ2) is 8.07. The minimum absolute atomic E-state index is 0.0195. The average Bonchev–Trinajstić information content (AvgIpc) is 3.24. The van der Waals surface area contributed by atoms with Crippen LogP contribution in [0.1, 0.15) is 43.3 Å². The molecule has 0 saturated carbocycles. The van der Waals surface area contributed by atoms with Gasteiger partial charge < -0.3 is 0 Å². The number of rotatable bonds is 5. The zero-order valence-electron chi connectivity index (χ0n) is 17.6. The molecule has 0 aliphatic rings. The summed E-state index contributed by atoms with van der Waals surface area (Å²) in [5.74, 6) is 0.710. The quantitative estimate of drug-likeness (QED) is 0.416. The van der Waals surface area contributed by atoms with Crippen LogP contribution in [0.4, 0.5) is 0 Å². The lowest BCUT2D eigenvalue weighted by Gasteiger charge is -2.36. The van der Waals surface area contributed by atoms with Gasteiger partial charge in [0, 0.05) is 0 Å². The van der Waals surface area contributed by atoms with E-state index in [1.165, 1.54) is 0 Å². The molecule has 0 aliphatic heterocycles. The first-order valence-electron chi connectivity index (χ1n) is 10.2. The van der Waals surface area contributed by atoms with Gasteiger partial charge >= 0.3 is 0 Å². The van der Waals surface area contributed by atoms with Crippen molar-refractivity contribution in [1.29, 1.82) is 0 Å². The maximum atomic E-state index is 4.52. The van der Waals surface area contributed by atoms with Crippen LogP contribution in [-0.4, -0.2) is 20.2 Å². The van der Waals surface area contributed by atoms with Gasteiger partial charge in [0.25, 0.3) is 0 Å². The van der Waals surface area contributed by atoms with Crippen molar-refractivity contribution in [2.75, 3.05) is 0 Å². The predicted octanol–water partition coefficient (Wildman–Crippen LogP) is 5.57. The SMILES string of the molecule is CC(C)(C)C=Cc1nnnn1C(c1ccccc1)(c1ccccc1)c1ccccc1. The molecule has 0 saturated heterocycles. The van der Waals surface area contributed by atoms with Gasteiger partial charge in [-0.15, -0.1) is 5.10 Å². The van der Waals surface area contributed by atoms with E-state index in [4.69, 9.17) is 0 Å². The molecular weight excluding hydrogens is 368 g/mol. The molecule has 0 atom stereocenters. The molecule has 0 spiro atoms. The number of allylic oxidation sites excluding steroid dienone is 1. The normalized spacial score (nSPS) is 12.4. The average molecular weight is 395 g/mol. The van der Waals surface area contributed by atoms with Crippen molar-refractivity contribution in [2.24, 2.45) is 5.41 Å². The van der Waals surface area contributed by atoms with Gasteiger partial charge in [0.1, 0.15) is 5.54 Å². The van der Waals surface area contributed by atoms with Gasteiger partial charge in [-0.2, -0.15) is 0 Å². The lowest BCUT2D eigenvalue weighted by Crippen LogP contribution is -2.39. The molecule has 0 fully saturated rings. The molecular formula is C26H26N4. The van der Waals surface area contributed by atoms with Gasteiger partial charge in [0.15, 0.2) is 5.82 Å². The number of tetrazole rings is 1. The molecule has 0 unspecified atom stereocenters. The molecule has 4 nitrogen and oxygen atoms in total. The minimum Gasteiger partial charge on any atom is -0.206 e. The maximum Gasteiger partial charge on any atom is 0.176 e. The molecule has 0 N–H and O–H groups in total. The first-order chi connectivity index (χ1) is 14.5. The molecule has 0 amide bonds. The number of aromatic nitrogens is 4. The van der Waals surface area contributed by atoms with E-state index < -0.39 is 5.54 Å². The molecule has 0 radical (unpaired) electrons. The van der Waals surface area contributed by atoms with Gasteiger partial charge in [0.05, 0.1) is 0 Å². The van der Waals surface area contributed by atoms with Crippen LogP contribution in [0, 0.1) is 5.41 Å². The van der Waals surface area contributed by atoms with Crippen LogP contribution in [0.2, 0.25) is 0 Å². The molecule has 0 aliphatic carbocycles. The lowest BCUT2D eigenvalue weighted by atomic mass is 9.77. The molecule has 3 aromatic carbocycles. The van der Waals surface area contributed by atoms with E-state index in [1.807, 2.05) is 29.0 Å². The third-order valence-corrected chi connectivity index (χ3v) is 5.12. The van der Waals surface area contributed by atoms with E-state index in [0.717, 1.165) is 16.7 Å². The summed E-state index contributed by atoms with van der Waals surface area (Å²) >= 11 is 0. The largest absolute Gasteiger partial charge is 0.206 e. The van der Waals surface area contributed by atoms with Crippen molar-refractivity contribution in [3.63, 3.8) is 0 Å². The van der Waals surface area contributed by atoms with Gasteiger partial charge in [-0.1, -0.05) is 118 Å². The second-order valence-electron chi connectivity index (χ2n) is 8.46. The molecule has 0 bridgehead atoms. The summed E-state index contributed by atoms with van der Waals surface area (Å²) in [4.78, 5) is 0. The van der Waals surface area contributed by atoms with Crippen LogP contribution in [0.25, 0.3) is 6.08 Å². The first-order valence-corrected chi connectivity index (χ1v) is 10.2. The maximum absolute atomic E-state index is 4.52. The van der Waals surface area contributed by atoms with E-state index in [0.29, 0.717) is 5.82 Å². The third-order valence-electron chi connectivity index (χ3n) is 5.12. The molecule has 1 heterocycles. The van der Waals surface area contributed by atoms with Crippen LogP contribution >= 0.6 is 0 Å². The van der Waals surface area contributed by atoms with E-state index in [9.17, 15) is 0 Å². The van der Waals surface area contributed by atoms with Crippen LogP contribution in [0.3, 0.4) is 0 Å². The molecule has 4 heteroatoms. The van der Waals surface area contributed by atoms with Crippen molar-refractivity contribution in [3.05, 3.63) is 120 Å². The highest BCUT2D eigenvalue weighted by molar-refractivity contribution is 5.53. The fourth-order valence-corrected chi connectivity index (χ4v) is 3.77. The summed E-state index contributed by atoms with van der Waals surface area (Å²) in [5.41, 5.74) is 2.61. The Hall–Kier alpha value is -3.53. The molecule has 1 aromatic heterocycles. The molecule has 4 rings (SSSR count). The van der Waals surface area contributed by atoms with Gasteiger partial charge in [0.2, 0.25) is 0 Å². The summed E-state index contributed by atoms with van der Waals surface area (Å²) < 4.78 is 1.94. The zero-order valence-corrected chi connectivity index (χ0v) is 17.6. The van der Waals surface area contributed by atoms with Crippen molar-refractivity contribution in [1.82, 2.24) is 20.2 Å². The Morgan fingerprint density at radius 1 is 0.667 bits per heavy atom. The van der Waals surface area contributed by atoms with Crippen LogP contribution in [-0.2, 0) is 5.54 Å².